The van der Waals surface area contributed by atoms with Crippen LogP contribution in [0.1, 0.15) is 31.2 Å². The smallest absolute Gasteiger partial charge is 0.227 e. The molecule has 164 valence electrons. The summed E-state index contributed by atoms with van der Waals surface area (Å²) in [5.74, 6) is -0.165. The number of para-hydroxylation sites is 1. The SMILES string of the molecule is N#CCCN(C(=O)CCC(=O)N1CCCN(c2ccc(C#N)cc2)CC1)c1ccccc1. The van der Waals surface area contributed by atoms with Gasteiger partial charge in [0.15, 0.2) is 0 Å². The van der Waals surface area contributed by atoms with Crippen LogP contribution in [0.15, 0.2) is 54.6 Å². The summed E-state index contributed by atoms with van der Waals surface area (Å²) in [5.41, 5.74) is 2.42. The van der Waals surface area contributed by atoms with Gasteiger partial charge in [0.1, 0.15) is 0 Å². The third-order valence-electron chi connectivity index (χ3n) is 5.58. The lowest BCUT2D eigenvalue weighted by Crippen LogP contribution is -2.37. The van der Waals surface area contributed by atoms with E-state index in [4.69, 9.17) is 10.5 Å². The number of nitrogens with zero attached hydrogens (tertiary/aromatic N) is 5. The minimum absolute atomic E-state index is 0.0201. The fourth-order valence-electron chi connectivity index (χ4n) is 3.85. The molecule has 1 heterocycles. The van der Waals surface area contributed by atoms with Crippen LogP contribution in [0.2, 0.25) is 0 Å². The molecule has 0 saturated carbocycles. The molecule has 7 nitrogen and oxygen atoms in total. The molecule has 0 atom stereocenters. The highest BCUT2D eigenvalue weighted by atomic mass is 16.2. The Morgan fingerprint density at radius 2 is 1.66 bits per heavy atom. The second kappa shape index (κ2) is 11.5. The number of hydrogen-bond acceptors (Lipinski definition) is 5. The third kappa shape index (κ3) is 6.09. The zero-order chi connectivity index (χ0) is 22.8. The van der Waals surface area contributed by atoms with Gasteiger partial charge in [-0.15, -0.1) is 0 Å². The van der Waals surface area contributed by atoms with Gasteiger partial charge in [-0.1, -0.05) is 18.2 Å². The molecule has 1 saturated heterocycles. The van der Waals surface area contributed by atoms with Crippen LogP contribution >= 0.6 is 0 Å². The fourth-order valence-corrected chi connectivity index (χ4v) is 3.85. The maximum atomic E-state index is 12.8. The molecule has 0 unspecified atom stereocenters. The normalized spacial score (nSPS) is 13.6. The topological polar surface area (TPSA) is 91.4 Å². The second-order valence-corrected chi connectivity index (χ2v) is 7.67. The van der Waals surface area contributed by atoms with E-state index in [1.165, 1.54) is 0 Å². The predicted octanol–water partition coefficient (Wildman–Crippen LogP) is 3.32. The summed E-state index contributed by atoms with van der Waals surface area (Å²) in [4.78, 5) is 31.3. The number of carbonyl (C=O) groups is 2. The monoisotopic (exact) mass is 429 g/mol. The average molecular weight is 430 g/mol. The van der Waals surface area contributed by atoms with E-state index in [1.807, 2.05) is 47.4 Å². The van der Waals surface area contributed by atoms with Crippen LogP contribution < -0.4 is 9.80 Å². The molecule has 1 fully saturated rings. The van der Waals surface area contributed by atoms with Gasteiger partial charge in [0.25, 0.3) is 0 Å². The first kappa shape index (κ1) is 22.8. The standard InChI is InChI=1S/C25H27N5O2/c26-14-4-17-30(23-6-2-1-3-7-23)25(32)13-12-24(31)29-16-5-15-28(18-19-29)22-10-8-21(20-27)9-11-22/h1-3,6-11H,4-5,12-13,15-19H2. The van der Waals surface area contributed by atoms with Crippen molar-refractivity contribution in [2.75, 3.05) is 42.5 Å². The number of rotatable bonds is 7. The first-order chi connectivity index (χ1) is 15.6. The molecule has 0 radical (unpaired) electrons. The van der Waals surface area contributed by atoms with Crippen molar-refractivity contribution in [1.82, 2.24) is 4.90 Å². The molecule has 7 heteroatoms. The van der Waals surface area contributed by atoms with Gasteiger partial charge in [0.05, 0.1) is 24.1 Å². The Morgan fingerprint density at radius 3 is 2.34 bits per heavy atom. The summed E-state index contributed by atoms with van der Waals surface area (Å²) in [7, 11) is 0. The van der Waals surface area contributed by atoms with Crippen LogP contribution in [0.5, 0.6) is 0 Å². The average Bonchev–Trinajstić information content (AvgIpc) is 3.10. The van der Waals surface area contributed by atoms with Crippen molar-refractivity contribution in [3.63, 3.8) is 0 Å². The first-order valence-electron chi connectivity index (χ1n) is 10.9. The summed E-state index contributed by atoms with van der Waals surface area (Å²) >= 11 is 0. The van der Waals surface area contributed by atoms with Gasteiger partial charge in [0.2, 0.25) is 11.8 Å². The van der Waals surface area contributed by atoms with E-state index in [9.17, 15) is 9.59 Å². The Hall–Kier alpha value is -3.84. The third-order valence-corrected chi connectivity index (χ3v) is 5.58. The van der Waals surface area contributed by atoms with E-state index in [-0.39, 0.29) is 31.1 Å². The number of benzene rings is 2. The molecule has 0 spiro atoms. The van der Waals surface area contributed by atoms with Crippen LogP contribution in [-0.4, -0.2) is 49.4 Å². The fraction of sp³-hybridized carbons (Fsp3) is 0.360. The quantitative estimate of drug-likeness (QED) is 0.673. The van der Waals surface area contributed by atoms with Crippen molar-refractivity contribution in [3.05, 3.63) is 60.2 Å². The van der Waals surface area contributed by atoms with Crippen molar-refractivity contribution in [2.24, 2.45) is 0 Å². The molecule has 0 N–H and O–H groups in total. The number of nitriles is 2. The van der Waals surface area contributed by atoms with Crippen molar-refractivity contribution < 1.29 is 9.59 Å². The van der Waals surface area contributed by atoms with Crippen LogP contribution in [0.3, 0.4) is 0 Å². The van der Waals surface area contributed by atoms with Gasteiger partial charge in [-0.25, -0.2) is 0 Å². The largest absolute Gasteiger partial charge is 0.370 e. The highest BCUT2D eigenvalue weighted by molar-refractivity contribution is 5.95. The van der Waals surface area contributed by atoms with Crippen LogP contribution in [-0.2, 0) is 9.59 Å². The summed E-state index contributed by atoms with van der Waals surface area (Å²) < 4.78 is 0. The highest BCUT2D eigenvalue weighted by Crippen LogP contribution is 2.19. The molecule has 1 aliphatic rings. The Bertz CT molecular complexity index is 992. The van der Waals surface area contributed by atoms with Crippen molar-refractivity contribution in [1.29, 1.82) is 10.5 Å². The Morgan fingerprint density at radius 1 is 0.906 bits per heavy atom. The number of hydrogen-bond donors (Lipinski definition) is 0. The zero-order valence-electron chi connectivity index (χ0n) is 18.1. The van der Waals surface area contributed by atoms with E-state index in [1.54, 1.807) is 17.0 Å². The maximum absolute atomic E-state index is 12.8. The minimum Gasteiger partial charge on any atom is -0.370 e. The molecule has 32 heavy (non-hydrogen) atoms. The lowest BCUT2D eigenvalue weighted by Gasteiger charge is -2.24. The van der Waals surface area contributed by atoms with Gasteiger partial charge in [0, 0.05) is 56.9 Å². The second-order valence-electron chi connectivity index (χ2n) is 7.67. The number of amides is 2. The van der Waals surface area contributed by atoms with Gasteiger partial charge in [-0.3, -0.25) is 9.59 Å². The zero-order valence-corrected chi connectivity index (χ0v) is 18.1. The van der Waals surface area contributed by atoms with E-state index >= 15 is 0 Å². The van der Waals surface area contributed by atoms with Crippen molar-refractivity contribution >= 4 is 23.2 Å². The molecule has 2 aromatic rings. The van der Waals surface area contributed by atoms with Crippen LogP contribution in [0.25, 0.3) is 0 Å². The predicted molar refractivity (Wildman–Crippen MR) is 123 cm³/mol. The number of carbonyl (C=O) groups excluding carboxylic acids is 2. The lowest BCUT2D eigenvalue weighted by molar-refractivity contribution is -0.133. The molecule has 0 bridgehead atoms. The Labute approximate surface area is 189 Å². The minimum atomic E-state index is -0.145. The van der Waals surface area contributed by atoms with Crippen molar-refractivity contribution in [3.8, 4) is 12.1 Å². The summed E-state index contributed by atoms with van der Waals surface area (Å²) in [6.45, 7) is 3.13. The maximum Gasteiger partial charge on any atom is 0.227 e. The first-order valence-corrected chi connectivity index (χ1v) is 10.9. The highest BCUT2D eigenvalue weighted by Gasteiger charge is 2.22. The molecule has 0 aliphatic carbocycles. The lowest BCUT2D eigenvalue weighted by atomic mass is 10.2. The number of anilines is 2. The molecular weight excluding hydrogens is 402 g/mol. The molecule has 0 aromatic heterocycles. The van der Waals surface area contributed by atoms with E-state index in [0.717, 1.165) is 24.3 Å². The summed E-state index contributed by atoms with van der Waals surface area (Å²) in [6.07, 6.45) is 1.37. The molecule has 1 aliphatic heterocycles. The van der Waals surface area contributed by atoms with Gasteiger partial charge < -0.3 is 14.7 Å². The van der Waals surface area contributed by atoms with Gasteiger partial charge in [-0.2, -0.15) is 10.5 Å². The van der Waals surface area contributed by atoms with E-state index in [2.05, 4.69) is 17.0 Å². The summed E-state index contributed by atoms with van der Waals surface area (Å²) in [5, 5.41) is 17.9. The molecular formula is C25H27N5O2. The Balaban J connectivity index is 1.54. The Kier molecular flexibility index (Phi) is 8.22. The van der Waals surface area contributed by atoms with Gasteiger partial charge >= 0.3 is 0 Å². The summed E-state index contributed by atoms with van der Waals surface area (Å²) in [6, 6.07) is 20.9. The van der Waals surface area contributed by atoms with Crippen LogP contribution in [0.4, 0.5) is 11.4 Å². The molecule has 2 aromatic carbocycles. The van der Waals surface area contributed by atoms with E-state index < -0.39 is 0 Å². The van der Waals surface area contributed by atoms with E-state index in [0.29, 0.717) is 31.7 Å². The van der Waals surface area contributed by atoms with Gasteiger partial charge in [-0.05, 0) is 42.8 Å². The molecule has 3 rings (SSSR count). The molecule has 2 amide bonds. The van der Waals surface area contributed by atoms with Crippen molar-refractivity contribution in [2.45, 2.75) is 25.7 Å². The van der Waals surface area contributed by atoms with Crippen LogP contribution in [0, 0.1) is 22.7 Å².